The summed E-state index contributed by atoms with van der Waals surface area (Å²) in [5, 5.41) is 7.45. The first-order valence-electron chi connectivity index (χ1n) is 6.26. The SMILES string of the molecule is CCC1CCCN(c2cc(C(=N)N)ccn2)C1. The van der Waals surface area contributed by atoms with E-state index in [-0.39, 0.29) is 5.84 Å². The average Bonchev–Trinajstić information content (AvgIpc) is 2.39. The van der Waals surface area contributed by atoms with E-state index in [2.05, 4.69) is 16.8 Å². The Bertz CT molecular complexity index is 402. The van der Waals surface area contributed by atoms with E-state index in [0.717, 1.165) is 30.4 Å². The quantitative estimate of drug-likeness (QED) is 0.618. The van der Waals surface area contributed by atoms with E-state index in [1.165, 1.54) is 19.3 Å². The Hall–Kier alpha value is -1.58. The maximum atomic E-state index is 7.45. The van der Waals surface area contributed by atoms with Crippen molar-refractivity contribution >= 4 is 11.7 Å². The van der Waals surface area contributed by atoms with Crippen LogP contribution >= 0.6 is 0 Å². The molecule has 1 unspecified atom stereocenters. The van der Waals surface area contributed by atoms with Crippen LogP contribution in [0.5, 0.6) is 0 Å². The van der Waals surface area contributed by atoms with Crippen molar-refractivity contribution < 1.29 is 0 Å². The van der Waals surface area contributed by atoms with Crippen LogP contribution in [0.1, 0.15) is 31.7 Å². The summed E-state index contributed by atoms with van der Waals surface area (Å²) in [6.07, 6.45) is 5.51. The van der Waals surface area contributed by atoms with Crippen molar-refractivity contribution in [2.45, 2.75) is 26.2 Å². The summed E-state index contributed by atoms with van der Waals surface area (Å²) < 4.78 is 0. The van der Waals surface area contributed by atoms with Gasteiger partial charge in [0, 0.05) is 24.8 Å². The minimum atomic E-state index is 0.109. The van der Waals surface area contributed by atoms with Gasteiger partial charge >= 0.3 is 0 Å². The first kappa shape index (κ1) is 11.9. The van der Waals surface area contributed by atoms with Crippen LogP contribution in [0.2, 0.25) is 0 Å². The van der Waals surface area contributed by atoms with Gasteiger partial charge in [0.15, 0.2) is 0 Å². The van der Waals surface area contributed by atoms with Gasteiger partial charge in [-0.05, 0) is 30.9 Å². The van der Waals surface area contributed by atoms with Gasteiger partial charge in [-0.2, -0.15) is 0 Å². The molecule has 92 valence electrons. The maximum absolute atomic E-state index is 7.45. The van der Waals surface area contributed by atoms with E-state index in [1.807, 2.05) is 6.07 Å². The summed E-state index contributed by atoms with van der Waals surface area (Å²) in [6.45, 7) is 4.38. The number of nitrogens with one attached hydrogen (secondary N) is 1. The Labute approximate surface area is 102 Å². The lowest BCUT2D eigenvalue weighted by molar-refractivity contribution is 0.403. The minimum Gasteiger partial charge on any atom is -0.384 e. The smallest absolute Gasteiger partial charge is 0.129 e. The fraction of sp³-hybridized carbons (Fsp3) is 0.538. The van der Waals surface area contributed by atoms with Crippen LogP contribution in [0.15, 0.2) is 18.3 Å². The third-order valence-electron chi connectivity index (χ3n) is 3.48. The highest BCUT2D eigenvalue weighted by Gasteiger charge is 2.19. The van der Waals surface area contributed by atoms with Crippen molar-refractivity contribution in [2.75, 3.05) is 18.0 Å². The second-order valence-corrected chi connectivity index (χ2v) is 4.68. The first-order valence-corrected chi connectivity index (χ1v) is 6.26. The molecule has 1 aliphatic heterocycles. The van der Waals surface area contributed by atoms with E-state index in [0.29, 0.717) is 0 Å². The molecule has 0 aliphatic carbocycles. The number of nitrogens with two attached hydrogens (primary N) is 1. The van der Waals surface area contributed by atoms with Gasteiger partial charge in [0.25, 0.3) is 0 Å². The molecule has 0 spiro atoms. The molecule has 1 fully saturated rings. The summed E-state index contributed by atoms with van der Waals surface area (Å²) in [7, 11) is 0. The van der Waals surface area contributed by atoms with Crippen molar-refractivity contribution in [3.8, 4) is 0 Å². The van der Waals surface area contributed by atoms with Crippen molar-refractivity contribution in [2.24, 2.45) is 11.7 Å². The van der Waals surface area contributed by atoms with Crippen molar-refractivity contribution in [1.29, 1.82) is 5.41 Å². The van der Waals surface area contributed by atoms with E-state index in [9.17, 15) is 0 Å². The number of hydrogen-bond donors (Lipinski definition) is 2. The first-order chi connectivity index (χ1) is 8.20. The largest absolute Gasteiger partial charge is 0.384 e. The zero-order chi connectivity index (χ0) is 12.3. The minimum absolute atomic E-state index is 0.109. The van der Waals surface area contributed by atoms with Gasteiger partial charge in [0.2, 0.25) is 0 Å². The summed E-state index contributed by atoms with van der Waals surface area (Å²) in [5.74, 6) is 1.83. The van der Waals surface area contributed by atoms with Gasteiger partial charge in [-0.1, -0.05) is 13.3 Å². The molecule has 1 atom stereocenters. The molecule has 3 N–H and O–H groups in total. The second kappa shape index (κ2) is 5.17. The molecule has 4 heteroatoms. The Kier molecular flexibility index (Phi) is 3.61. The predicted molar refractivity (Wildman–Crippen MR) is 70.5 cm³/mol. The van der Waals surface area contributed by atoms with Crippen molar-refractivity contribution in [3.05, 3.63) is 23.9 Å². The number of aromatic nitrogens is 1. The van der Waals surface area contributed by atoms with Crippen LogP contribution in [0.25, 0.3) is 0 Å². The zero-order valence-corrected chi connectivity index (χ0v) is 10.3. The number of amidine groups is 1. The molecule has 1 aromatic heterocycles. The third kappa shape index (κ3) is 2.75. The second-order valence-electron chi connectivity index (χ2n) is 4.68. The Morgan fingerprint density at radius 1 is 1.65 bits per heavy atom. The van der Waals surface area contributed by atoms with Crippen LogP contribution in [0.4, 0.5) is 5.82 Å². The number of rotatable bonds is 3. The van der Waals surface area contributed by atoms with Crippen molar-refractivity contribution in [3.63, 3.8) is 0 Å². The number of nitrogens with zero attached hydrogens (tertiary/aromatic N) is 2. The van der Waals surface area contributed by atoms with Gasteiger partial charge < -0.3 is 10.6 Å². The average molecular weight is 232 g/mol. The highest BCUT2D eigenvalue weighted by Crippen LogP contribution is 2.23. The van der Waals surface area contributed by atoms with E-state index in [1.54, 1.807) is 12.3 Å². The fourth-order valence-corrected chi connectivity index (χ4v) is 2.37. The lowest BCUT2D eigenvalue weighted by Gasteiger charge is -2.33. The summed E-state index contributed by atoms with van der Waals surface area (Å²) in [5.41, 5.74) is 6.26. The predicted octanol–water partition coefficient (Wildman–Crippen LogP) is 1.99. The molecule has 0 saturated carbocycles. The summed E-state index contributed by atoms with van der Waals surface area (Å²) in [6, 6.07) is 3.70. The summed E-state index contributed by atoms with van der Waals surface area (Å²) >= 11 is 0. The number of piperidine rings is 1. The monoisotopic (exact) mass is 232 g/mol. The topological polar surface area (TPSA) is 66.0 Å². The van der Waals surface area contributed by atoms with Gasteiger partial charge in [0.05, 0.1) is 0 Å². The lowest BCUT2D eigenvalue weighted by atomic mass is 9.95. The molecule has 0 bridgehead atoms. The van der Waals surface area contributed by atoms with E-state index < -0.39 is 0 Å². The van der Waals surface area contributed by atoms with Crippen LogP contribution in [-0.2, 0) is 0 Å². The van der Waals surface area contributed by atoms with E-state index >= 15 is 0 Å². The molecule has 0 radical (unpaired) electrons. The van der Waals surface area contributed by atoms with Gasteiger partial charge in [-0.25, -0.2) is 4.98 Å². The van der Waals surface area contributed by atoms with Gasteiger partial charge in [-0.3, -0.25) is 5.41 Å². The molecule has 1 aromatic rings. The molecule has 1 aliphatic rings. The van der Waals surface area contributed by atoms with Crippen LogP contribution in [-0.4, -0.2) is 23.9 Å². The fourth-order valence-electron chi connectivity index (χ4n) is 2.37. The highest BCUT2D eigenvalue weighted by molar-refractivity contribution is 5.95. The number of hydrogen-bond acceptors (Lipinski definition) is 3. The molecule has 0 amide bonds. The molecule has 2 heterocycles. The molecule has 1 saturated heterocycles. The van der Waals surface area contributed by atoms with Crippen molar-refractivity contribution in [1.82, 2.24) is 4.98 Å². The third-order valence-corrected chi connectivity index (χ3v) is 3.48. The number of anilines is 1. The highest BCUT2D eigenvalue weighted by atomic mass is 15.2. The molecule has 17 heavy (non-hydrogen) atoms. The number of pyridine rings is 1. The molecule has 0 aromatic carbocycles. The van der Waals surface area contributed by atoms with Gasteiger partial charge in [0.1, 0.15) is 11.7 Å². The number of nitrogen functional groups attached to an aromatic ring is 1. The van der Waals surface area contributed by atoms with E-state index in [4.69, 9.17) is 11.1 Å². The molecular formula is C13H20N4. The van der Waals surface area contributed by atoms with Crippen LogP contribution in [0, 0.1) is 11.3 Å². The zero-order valence-electron chi connectivity index (χ0n) is 10.3. The Morgan fingerprint density at radius 3 is 3.18 bits per heavy atom. The van der Waals surface area contributed by atoms with Gasteiger partial charge in [-0.15, -0.1) is 0 Å². The Balaban J connectivity index is 2.16. The maximum Gasteiger partial charge on any atom is 0.129 e. The molecule has 2 rings (SSSR count). The van der Waals surface area contributed by atoms with Crippen LogP contribution in [0.3, 0.4) is 0 Å². The normalized spacial score (nSPS) is 20.3. The standard InChI is InChI=1S/C13H20N4/c1-2-10-4-3-7-17(9-10)12-8-11(13(14)15)5-6-16-12/h5-6,8,10H,2-4,7,9H2,1H3,(H3,14,15). The summed E-state index contributed by atoms with van der Waals surface area (Å²) in [4.78, 5) is 6.70. The Morgan fingerprint density at radius 2 is 2.47 bits per heavy atom. The lowest BCUT2D eigenvalue weighted by Crippen LogP contribution is -2.35. The molecular weight excluding hydrogens is 212 g/mol. The molecule has 4 nitrogen and oxygen atoms in total. The van der Waals surface area contributed by atoms with Crippen LogP contribution < -0.4 is 10.6 Å².